The topological polar surface area (TPSA) is 53.1 Å². The Morgan fingerprint density at radius 1 is 1.11 bits per heavy atom. The van der Waals surface area contributed by atoms with Gasteiger partial charge in [0.1, 0.15) is 0 Å². The van der Waals surface area contributed by atoms with E-state index in [0.29, 0.717) is 31.2 Å². The van der Waals surface area contributed by atoms with Gasteiger partial charge >= 0.3 is 0 Å². The van der Waals surface area contributed by atoms with E-state index in [9.17, 15) is 8.42 Å². The Bertz CT molecular complexity index is 951. The third-order valence-electron chi connectivity index (χ3n) is 5.54. The second-order valence-corrected chi connectivity index (χ2v) is 10.5. The van der Waals surface area contributed by atoms with Crippen molar-refractivity contribution in [3.8, 4) is 0 Å². The highest BCUT2D eigenvalue weighted by Gasteiger charge is 2.34. The average Bonchev–Trinajstić information content (AvgIpc) is 3.23. The molecule has 0 saturated carbocycles. The van der Waals surface area contributed by atoms with Crippen LogP contribution in [0.2, 0.25) is 0 Å². The number of aryl methyl sites for hydroxylation is 1. The van der Waals surface area contributed by atoms with Gasteiger partial charge in [0.15, 0.2) is 0 Å². The summed E-state index contributed by atoms with van der Waals surface area (Å²) in [5, 5.41) is 0. The third kappa shape index (κ3) is 3.43. The monoisotopic (exact) mass is 421 g/mol. The zero-order chi connectivity index (χ0) is 19.9. The van der Waals surface area contributed by atoms with Crippen LogP contribution in [0.5, 0.6) is 0 Å². The first-order chi connectivity index (χ1) is 13.4. The summed E-state index contributed by atoms with van der Waals surface area (Å²) in [5.41, 5.74) is 2.10. The number of hydrogen-bond donors (Lipinski definition) is 0. The molecule has 4 rings (SSSR count). The molecule has 28 heavy (non-hydrogen) atoms. The van der Waals surface area contributed by atoms with Crippen LogP contribution in [0, 0.1) is 6.92 Å². The smallest absolute Gasteiger partial charge is 0.243 e. The molecule has 1 atom stereocenters. The molecule has 152 valence electrons. The van der Waals surface area contributed by atoms with E-state index in [-0.39, 0.29) is 6.17 Å². The van der Waals surface area contributed by atoms with E-state index >= 15 is 0 Å². The van der Waals surface area contributed by atoms with Crippen molar-refractivity contribution >= 4 is 32.7 Å². The van der Waals surface area contributed by atoms with Gasteiger partial charge in [-0.3, -0.25) is 0 Å². The standard InChI is InChI=1S/C20H27N3O3S2/c1-4-22-16(3)23(14-17-6-5-15(2)27-17)20-13-18(7-8-19(20)22)28(24,25)21-9-11-26-12-10-21/h5-8,13,16H,4,9-12,14H2,1-3H3. The van der Waals surface area contributed by atoms with E-state index in [4.69, 9.17) is 4.74 Å². The van der Waals surface area contributed by atoms with Crippen LogP contribution in [0.1, 0.15) is 23.6 Å². The molecule has 0 amide bonds. The summed E-state index contributed by atoms with van der Waals surface area (Å²) in [5.74, 6) is 0. The predicted molar refractivity (Wildman–Crippen MR) is 114 cm³/mol. The molecular weight excluding hydrogens is 394 g/mol. The molecule has 3 heterocycles. The van der Waals surface area contributed by atoms with Gasteiger partial charge in [0.05, 0.1) is 42.2 Å². The molecule has 0 aliphatic carbocycles. The molecule has 0 bridgehead atoms. The van der Waals surface area contributed by atoms with Crippen LogP contribution < -0.4 is 9.80 Å². The molecule has 1 saturated heterocycles. The van der Waals surface area contributed by atoms with Gasteiger partial charge in [-0.15, -0.1) is 11.3 Å². The SMILES string of the molecule is CCN1c2ccc(S(=O)(=O)N3CCOCC3)cc2N(Cc2ccc(C)s2)C1C. The van der Waals surface area contributed by atoms with Crippen molar-refractivity contribution in [3.63, 3.8) is 0 Å². The van der Waals surface area contributed by atoms with Crippen LogP contribution in [-0.2, 0) is 21.3 Å². The highest BCUT2D eigenvalue weighted by Crippen LogP contribution is 2.42. The van der Waals surface area contributed by atoms with Gasteiger partial charge < -0.3 is 14.5 Å². The normalized spacial score (nSPS) is 20.6. The van der Waals surface area contributed by atoms with E-state index in [1.165, 1.54) is 14.1 Å². The number of fused-ring (bicyclic) bond motifs is 1. The highest BCUT2D eigenvalue weighted by atomic mass is 32.2. The molecule has 2 aliphatic rings. The summed E-state index contributed by atoms with van der Waals surface area (Å²) in [4.78, 5) is 7.57. The lowest BCUT2D eigenvalue weighted by atomic mass is 10.2. The second kappa shape index (κ2) is 7.67. The fourth-order valence-electron chi connectivity index (χ4n) is 4.03. The minimum atomic E-state index is -3.51. The quantitative estimate of drug-likeness (QED) is 0.742. The van der Waals surface area contributed by atoms with Gasteiger partial charge in [-0.05, 0) is 51.1 Å². The highest BCUT2D eigenvalue weighted by molar-refractivity contribution is 7.89. The van der Waals surface area contributed by atoms with E-state index in [1.807, 2.05) is 12.1 Å². The molecule has 8 heteroatoms. The first-order valence-corrected chi connectivity index (χ1v) is 12.0. The van der Waals surface area contributed by atoms with Crippen LogP contribution in [0.3, 0.4) is 0 Å². The van der Waals surface area contributed by atoms with Crippen molar-refractivity contribution < 1.29 is 13.2 Å². The second-order valence-electron chi connectivity index (χ2n) is 7.23. The number of morpholine rings is 1. The average molecular weight is 422 g/mol. The molecule has 6 nitrogen and oxygen atoms in total. The summed E-state index contributed by atoms with van der Waals surface area (Å²) in [6, 6.07) is 9.86. The first kappa shape index (κ1) is 19.7. The van der Waals surface area contributed by atoms with Gasteiger partial charge in [-0.2, -0.15) is 4.31 Å². The van der Waals surface area contributed by atoms with Crippen LogP contribution in [0.25, 0.3) is 0 Å². The fourth-order valence-corrected chi connectivity index (χ4v) is 6.35. The Morgan fingerprint density at radius 3 is 2.50 bits per heavy atom. The third-order valence-corrected chi connectivity index (χ3v) is 8.42. The predicted octanol–water partition coefficient (Wildman–Crippen LogP) is 3.27. The van der Waals surface area contributed by atoms with E-state index in [2.05, 4.69) is 42.7 Å². The number of benzene rings is 1. The van der Waals surface area contributed by atoms with Crippen molar-refractivity contribution in [1.82, 2.24) is 4.31 Å². The minimum absolute atomic E-state index is 0.184. The number of thiophene rings is 1. The van der Waals surface area contributed by atoms with Gasteiger partial charge in [0.2, 0.25) is 10.0 Å². The molecule has 2 aromatic rings. The van der Waals surface area contributed by atoms with Crippen molar-refractivity contribution in [1.29, 1.82) is 0 Å². The Balaban J connectivity index is 1.71. The van der Waals surface area contributed by atoms with Crippen molar-refractivity contribution in [2.45, 2.75) is 38.4 Å². The number of anilines is 2. The van der Waals surface area contributed by atoms with E-state index in [0.717, 1.165) is 24.5 Å². The number of ether oxygens (including phenoxy) is 1. The van der Waals surface area contributed by atoms with E-state index in [1.54, 1.807) is 17.4 Å². The van der Waals surface area contributed by atoms with Crippen molar-refractivity contribution in [2.24, 2.45) is 0 Å². The molecule has 0 N–H and O–H groups in total. The van der Waals surface area contributed by atoms with E-state index < -0.39 is 10.0 Å². The zero-order valence-corrected chi connectivity index (χ0v) is 18.2. The molecule has 1 fully saturated rings. The molecule has 0 spiro atoms. The van der Waals surface area contributed by atoms with Gasteiger partial charge in [0, 0.05) is 29.4 Å². The number of sulfonamides is 1. The van der Waals surface area contributed by atoms with Crippen LogP contribution in [0.15, 0.2) is 35.2 Å². The Kier molecular flexibility index (Phi) is 5.39. The number of rotatable bonds is 5. The maximum atomic E-state index is 13.1. The maximum Gasteiger partial charge on any atom is 0.243 e. The maximum absolute atomic E-state index is 13.1. The summed E-state index contributed by atoms with van der Waals surface area (Å²) in [7, 11) is -3.51. The lowest BCUT2D eigenvalue weighted by Gasteiger charge is -2.29. The zero-order valence-electron chi connectivity index (χ0n) is 16.6. The van der Waals surface area contributed by atoms with Crippen LogP contribution in [-0.4, -0.2) is 51.7 Å². The Morgan fingerprint density at radius 2 is 1.86 bits per heavy atom. The lowest BCUT2D eigenvalue weighted by Crippen LogP contribution is -2.40. The Hall–Kier alpha value is -1.61. The molecule has 0 radical (unpaired) electrons. The summed E-state index contributed by atoms with van der Waals surface area (Å²) in [6.07, 6.45) is 0.184. The number of hydrogen-bond acceptors (Lipinski definition) is 6. The summed E-state index contributed by atoms with van der Waals surface area (Å²) < 4.78 is 33.1. The van der Waals surface area contributed by atoms with Crippen LogP contribution in [0.4, 0.5) is 11.4 Å². The summed E-state index contributed by atoms with van der Waals surface area (Å²) >= 11 is 1.79. The molecule has 1 unspecified atom stereocenters. The molecule has 1 aromatic heterocycles. The molecule has 1 aromatic carbocycles. The first-order valence-electron chi connectivity index (χ1n) is 9.72. The van der Waals surface area contributed by atoms with Crippen molar-refractivity contribution in [3.05, 3.63) is 40.1 Å². The molecular formula is C20H27N3O3S2. The fraction of sp³-hybridized carbons (Fsp3) is 0.500. The summed E-state index contributed by atoms with van der Waals surface area (Å²) in [6.45, 7) is 9.82. The minimum Gasteiger partial charge on any atom is -0.379 e. The van der Waals surface area contributed by atoms with Crippen LogP contribution >= 0.6 is 11.3 Å². The lowest BCUT2D eigenvalue weighted by molar-refractivity contribution is 0.0730. The number of nitrogens with zero attached hydrogens (tertiary/aromatic N) is 3. The van der Waals surface area contributed by atoms with Gasteiger partial charge in [-0.1, -0.05) is 0 Å². The Labute approximate surface area is 171 Å². The van der Waals surface area contributed by atoms with Gasteiger partial charge in [-0.25, -0.2) is 8.42 Å². The molecule has 2 aliphatic heterocycles. The van der Waals surface area contributed by atoms with Gasteiger partial charge in [0.25, 0.3) is 0 Å². The van der Waals surface area contributed by atoms with Crippen molar-refractivity contribution in [2.75, 3.05) is 42.6 Å². The largest absolute Gasteiger partial charge is 0.379 e.